The number of nitrogens with one attached hydrogen (secondary N) is 1. The van der Waals surface area contributed by atoms with E-state index >= 15 is 0 Å². The van der Waals surface area contributed by atoms with Crippen LogP contribution in [0.5, 0.6) is 0 Å². The topological polar surface area (TPSA) is 52.6 Å². The summed E-state index contributed by atoms with van der Waals surface area (Å²) in [5, 5.41) is 13.6. The van der Waals surface area contributed by atoms with Crippen molar-refractivity contribution in [1.29, 1.82) is 0 Å². The van der Waals surface area contributed by atoms with Crippen LogP contribution in [0.15, 0.2) is 30.3 Å². The fourth-order valence-electron chi connectivity index (χ4n) is 3.43. The van der Waals surface area contributed by atoms with Crippen molar-refractivity contribution in [3.05, 3.63) is 35.9 Å². The van der Waals surface area contributed by atoms with E-state index in [1.165, 1.54) is 5.56 Å². The van der Waals surface area contributed by atoms with Crippen molar-refractivity contribution in [2.75, 3.05) is 13.6 Å². The van der Waals surface area contributed by atoms with E-state index in [9.17, 15) is 9.90 Å². The van der Waals surface area contributed by atoms with Gasteiger partial charge in [-0.05, 0) is 37.7 Å². The SMILES string of the molecule is CN(CCC1(O)CCCC1)C(=O)NC1(c2ccccc2)CC1. The maximum atomic E-state index is 12.4. The van der Waals surface area contributed by atoms with E-state index in [1.807, 2.05) is 25.2 Å². The molecule has 120 valence electrons. The van der Waals surface area contributed by atoms with Gasteiger partial charge in [-0.25, -0.2) is 4.79 Å². The maximum absolute atomic E-state index is 12.4. The van der Waals surface area contributed by atoms with Gasteiger partial charge in [-0.2, -0.15) is 0 Å². The molecule has 4 heteroatoms. The molecule has 2 aliphatic carbocycles. The van der Waals surface area contributed by atoms with Gasteiger partial charge < -0.3 is 15.3 Å². The van der Waals surface area contributed by atoms with E-state index < -0.39 is 5.60 Å². The van der Waals surface area contributed by atoms with Crippen molar-refractivity contribution in [3.63, 3.8) is 0 Å². The van der Waals surface area contributed by atoms with E-state index in [4.69, 9.17) is 0 Å². The normalized spacial score (nSPS) is 21.4. The molecule has 22 heavy (non-hydrogen) atoms. The second-order valence-electron chi connectivity index (χ2n) is 6.98. The van der Waals surface area contributed by atoms with Gasteiger partial charge in [-0.3, -0.25) is 0 Å². The molecule has 1 aromatic carbocycles. The Kier molecular flexibility index (Phi) is 4.13. The van der Waals surface area contributed by atoms with Gasteiger partial charge in [0.2, 0.25) is 0 Å². The third-order valence-electron chi connectivity index (χ3n) is 5.22. The minimum Gasteiger partial charge on any atom is -0.390 e. The monoisotopic (exact) mass is 302 g/mol. The largest absolute Gasteiger partial charge is 0.390 e. The molecule has 4 nitrogen and oxygen atoms in total. The summed E-state index contributed by atoms with van der Waals surface area (Å²) in [6.45, 7) is 0.604. The molecule has 0 aromatic heterocycles. The first kappa shape index (κ1) is 15.3. The highest BCUT2D eigenvalue weighted by Gasteiger charge is 2.46. The smallest absolute Gasteiger partial charge is 0.317 e. The number of benzene rings is 1. The summed E-state index contributed by atoms with van der Waals surface area (Å²) >= 11 is 0. The molecule has 0 radical (unpaired) electrons. The first-order valence-electron chi connectivity index (χ1n) is 8.34. The summed E-state index contributed by atoms with van der Waals surface area (Å²) in [6, 6.07) is 10.1. The molecule has 0 bridgehead atoms. The number of carbonyl (C=O) groups excluding carboxylic acids is 1. The molecule has 2 N–H and O–H groups in total. The molecule has 0 heterocycles. The van der Waals surface area contributed by atoms with Crippen LogP contribution in [0, 0.1) is 0 Å². The summed E-state index contributed by atoms with van der Waals surface area (Å²) in [6.07, 6.45) is 6.62. The van der Waals surface area contributed by atoms with E-state index in [0.29, 0.717) is 13.0 Å². The summed E-state index contributed by atoms with van der Waals surface area (Å²) in [5.74, 6) is 0. The lowest BCUT2D eigenvalue weighted by Crippen LogP contribution is -2.44. The lowest BCUT2D eigenvalue weighted by atomic mass is 9.98. The minimum atomic E-state index is -0.550. The van der Waals surface area contributed by atoms with Gasteiger partial charge in [0.25, 0.3) is 0 Å². The highest BCUT2D eigenvalue weighted by molar-refractivity contribution is 5.75. The van der Waals surface area contributed by atoms with Crippen LogP contribution in [0.2, 0.25) is 0 Å². The first-order valence-corrected chi connectivity index (χ1v) is 8.34. The first-order chi connectivity index (χ1) is 10.5. The van der Waals surface area contributed by atoms with E-state index in [2.05, 4.69) is 17.4 Å². The Balaban J connectivity index is 1.53. The Morgan fingerprint density at radius 3 is 2.41 bits per heavy atom. The number of hydrogen-bond acceptors (Lipinski definition) is 2. The number of carbonyl (C=O) groups is 1. The van der Waals surface area contributed by atoms with E-state index in [1.54, 1.807) is 4.90 Å². The summed E-state index contributed by atoms with van der Waals surface area (Å²) in [4.78, 5) is 14.1. The van der Waals surface area contributed by atoms with Crippen LogP contribution >= 0.6 is 0 Å². The Morgan fingerprint density at radius 2 is 1.82 bits per heavy atom. The van der Waals surface area contributed by atoms with Gasteiger partial charge in [-0.1, -0.05) is 43.2 Å². The molecular formula is C18H26N2O2. The molecule has 1 aromatic rings. The number of urea groups is 1. The van der Waals surface area contributed by atoms with Crippen LogP contribution in [0.1, 0.15) is 50.5 Å². The lowest BCUT2D eigenvalue weighted by molar-refractivity contribution is 0.0329. The molecule has 2 amide bonds. The molecule has 0 unspecified atom stereocenters. The summed E-state index contributed by atoms with van der Waals surface area (Å²) < 4.78 is 0. The summed E-state index contributed by atoms with van der Waals surface area (Å²) in [5.41, 5.74) is 0.466. The fraction of sp³-hybridized carbons (Fsp3) is 0.611. The van der Waals surface area contributed by atoms with E-state index in [0.717, 1.165) is 38.5 Å². The van der Waals surface area contributed by atoms with Gasteiger partial charge in [0, 0.05) is 13.6 Å². The zero-order valence-electron chi connectivity index (χ0n) is 13.3. The van der Waals surface area contributed by atoms with Crippen molar-refractivity contribution in [2.24, 2.45) is 0 Å². The molecule has 0 spiro atoms. The lowest BCUT2D eigenvalue weighted by Gasteiger charge is -2.27. The quantitative estimate of drug-likeness (QED) is 0.878. The van der Waals surface area contributed by atoms with Gasteiger partial charge in [0.1, 0.15) is 0 Å². The Bertz CT molecular complexity index is 519. The predicted octanol–water partition coefficient (Wildman–Crippen LogP) is 3.01. The molecule has 0 atom stereocenters. The van der Waals surface area contributed by atoms with E-state index in [-0.39, 0.29) is 11.6 Å². The Hall–Kier alpha value is -1.55. The number of nitrogens with zero attached hydrogens (tertiary/aromatic N) is 1. The van der Waals surface area contributed by atoms with Gasteiger partial charge in [0.15, 0.2) is 0 Å². The Labute approximate surface area is 132 Å². The van der Waals surface area contributed by atoms with Crippen molar-refractivity contribution in [2.45, 2.75) is 56.1 Å². The zero-order chi connectivity index (χ0) is 15.6. The van der Waals surface area contributed by atoms with Crippen LogP contribution < -0.4 is 5.32 Å². The number of aliphatic hydroxyl groups is 1. The highest BCUT2D eigenvalue weighted by atomic mass is 16.3. The molecule has 0 aliphatic heterocycles. The molecule has 3 rings (SSSR count). The van der Waals surface area contributed by atoms with Crippen LogP contribution in [-0.4, -0.2) is 35.2 Å². The van der Waals surface area contributed by atoms with Crippen molar-refractivity contribution < 1.29 is 9.90 Å². The fourth-order valence-corrected chi connectivity index (χ4v) is 3.43. The standard InChI is InChI=1S/C18H26N2O2/c1-20(14-13-17(22)9-5-6-10-17)16(21)19-18(11-12-18)15-7-3-2-4-8-15/h2-4,7-8,22H,5-6,9-14H2,1H3,(H,19,21). The number of rotatable bonds is 5. The average molecular weight is 302 g/mol. The summed E-state index contributed by atoms with van der Waals surface area (Å²) in [7, 11) is 1.81. The number of amides is 2. The van der Waals surface area contributed by atoms with Crippen LogP contribution in [0.4, 0.5) is 4.79 Å². The molecular weight excluding hydrogens is 276 g/mol. The van der Waals surface area contributed by atoms with Crippen LogP contribution in [0.3, 0.4) is 0 Å². The van der Waals surface area contributed by atoms with Crippen molar-refractivity contribution in [1.82, 2.24) is 10.2 Å². The minimum absolute atomic E-state index is 0.0389. The van der Waals surface area contributed by atoms with Gasteiger partial charge in [0.05, 0.1) is 11.1 Å². The molecule has 0 saturated heterocycles. The average Bonchev–Trinajstić information content (AvgIpc) is 3.19. The van der Waals surface area contributed by atoms with Crippen molar-refractivity contribution >= 4 is 6.03 Å². The second kappa shape index (κ2) is 5.92. The van der Waals surface area contributed by atoms with Gasteiger partial charge >= 0.3 is 6.03 Å². The van der Waals surface area contributed by atoms with Gasteiger partial charge in [-0.15, -0.1) is 0 Å². The molecule has 2 fully saturated rings. The highest BCUT2D eigenvalue weighted by Crippen LogP contribution is 2.45. The molecule has 2 saturated carbocycles. The third kappa shape index (κ3) is 3.27. The Morgan fingerprint density at radius 1 is 1.18 bits per heavy atom. The van der Waals surface area contributed by atoms with Crippen LogP contribution in [0.25, 0.3) is 0 Å². The van der Waals surface area contributed by atoms with Crippen LogP contribution in [-0.2, 0) is 5.54 Å². The molecule has 2 aliphatic rings. The third-order valence-corrected chi connectivity index (χ3v) is 5.22. The maximum Gasteiger partial charge on any atom is 0.317 e. The van der Waals surface area contributed by atoms with Crippen molar-refractivity contribution in [3.8, 4) is 0 Å². The second-order valence-corrected chi connectivity index (χ2v) is 6.98. The zero-order valence-corrected chi connectivity index (χ0v) is 13.3. The predicted molar refractivity (Wildman–Crippen MR) is 86.6 cm³/mol. The number of hydrogen-bond donors (Lipinski definition) is 2.